The van der Waals surface area contributed by atoms with E-state index in [1.807, 2.05) is 6.92 Å². The highest BCUT2D eigenvalue weighted by Gasteiger charge is 2.33. The van der Waals surface area contributed by atoms with Crippen LogP contribution in [-0.2, 0) is 26.2 Å². The third-order valence-corrected chi connectivity index (χ3v) is 7.98. The van der Waals surface area contributed by atoms with Gasteiger partial charge in [-0.25, -0.2) is 8.42 Å². The summed E-state index contributed by atoms with van der Waals surface area (Å²) < 4.78 is 39.4. The third kappa shape index (κ3) is 7.29. The van der Waals surface area contributed by atoms with Crippen molar-refractivity contribution in [2.24, 2.45) is 0 Å². The number of methoxy groups -OCH3 is 1. The maximum atomic E-state index is 13.9. The summed E-state index contributed by atoms with van der Waals surface area (Å²) in [6.07, 6.45) is 0.346. The highest BCUT2D eigenvalue weighted by atomic mass is 32.2. The van der Waals surface area contributed by atoms with Crippen LogP contribution in [0.1, 0.15) is 25.8 Å². The highest BCUT2D eigenvalue weighted by molar-refractivity contribution is 7.92. The zero-order valence-electron chi connectivity index (χ0n) is 22.7. The van der Waals surface area contributed by atoms with Gasteiger partial charge in [-0.05, 0) is 67.4 Å². The normalized spacial score (nSPS) is 11.8. The van der Waals surface area contributed by atoms with Gasteiger partial charge < -0.3 is 19.7 Å². The van der Waals surface area contributed by atoms with Gasteiger partial charge >= 0.3 is 0 Å². The summed E-state index contributed by atoms with van der Waals surface area (Å²) in [4.78, 5) is 28.1. The van der Waals surface area contributed by atoms with E-state index < -0.39 is 28.5 Å². The average molecular weight is 554 g/mol. The number of ether oxygens (including phenoxy) is 2. The van der Waals surface area contributed by atoms with Gasteiger partial charge in [-0.2, -0.15) is 0 Å². The van der Waals surface area contributed by atoms with E-state index in [0.29, 0.717) is 30.2 Å². The van der Waals surface area contributed by atoms with Gasteiger partial charge in [-0.15, -0.1) is 0 Å². The molecule has 0 aliphatic heterocycles. The smallest absolute Gasteiger partial charge is 0.264 e. The van der Waals surface area contributed by atoms with E-state index in [2.05, 4.69) is 5.32 Å². The first-order chi connectivity index (χ1) is 18.7. The molecule has 0 heterocycles. The Hall–Kier alpha value is -4.05. The van der Waals surface area contributed by atoms with Gasteiger partial charge in [0.25, 0.3) is 10.0 Å². The standard InChI is InChI=1S/C29H35N3O6S/c1-5-27(29(34)30-3)31(20-22-12-14-24(37-4)15-13-22)28(33)21-32(23-10-8-7-9-11-23)39(35,36)26-18-16-25(17-19-26)38-6-2/h7-19,27H,5-6,20-21H2,1-4H3,(H,30,34)/t27-/m0/s1. The SMILES string of the molecule is CCOc1ccc(S(=O)(=O)N(CC(=O)N(Cc2ccc(OC)cc2)[C@@H](CC)C(=O)NC)c2ccccc2)cc1. The van der Waals surface area contributed by atoms with E-state index in [1.54, 1.807) is 80.8 Å². The molecule has 0 saturated carbocycles. The number of carbonyl (C=O) groups excluding carboxylic acids is 2. The van der Waals surface area contributed by atoms with E-state index in [9.17, 15) is 18.0 Å². The summed E-state index contributed by atoms with van der Waals surface area (Å²) in [6.45, 7) is 3.71. The number of anilines is 1. The van der Waals surface area contributed by atoms with Gasteiger partial charge in [0.05, 0.1) is 24.3 Å². The molecule has 39 heavy (non-hydrogen) atoms. The minimum absolute atomic E-state index is 0.0163. The second kappa shape index (κ2) is 13.7. The van der Waals surface area contributed by atoms with Crippen molar-refractivity contribution >= 4 is 27.5 Å². The van der Waals surface area contributed by atoms with Crippen molar-refractivity contribution in [1.29, 1.82) is 0 Å². The van der Waals surface area contributed by atoms with Gasteiger partial charge in [0.15, 0.2) is 0 Å². The van der Waals surface area contributed by atoms with E-state index in [4.69, 9.17) is 9.47 Å². The number of para-hydroxylation sites is 1. The molecule has 1 atom stereocenters. The highest BCUT2D eigenvalue weighted by Crippen LogP contribution is 2.26. The van der Waals surface area contributed by atoms with Crippen LogP contribution < -0.4 is 19.1 Å². The monoisotopic (exact) mass is 553 g/mol. The largest absolute Gasteiger partial charge is 0.497 e. The molecule has 0 unspecified atom stereocenters. The Bertz CT molecular complexity index is 1330. The van der Waals surface area contributed by atoms with Crippen molar-refractivity contribution in [2.75, 3.05) is 31.6 Å². The number of likely N-dealkylation sites (N-methyl/N-ethyl adjacent to an activating group) is 1. The lowest BCUT2D eigenvalue weighted by Crippen LogP contribution is -2.51. The van der Waals surface area contributed by atoms with Crippen molar-refractivity contribution in [3.8, 4) is 11.5 Å². The third-order valence-electron chi connectivity index (χ3n) is 6.19. The summed E-state index contributed by atoms with van der Waals surface area (Å²) in [7, 11) is -1.07. The fourth-order valence-electron chi connectivity index (χ4n) is 4.14. The number of amides is 2. The zero-order chi connectivity index (χ0) is 28.4. The lowest BCUT2D eigenvalue weighted by molar-refractivity contribution is -0.140. The van der Waals surface area contributed by atoms with E-state index in [1.165, 1.54) is 24.1 Å². The number of rotatable bonds is 13. The maximum absolute atomic E-state index is 13.9. The number of carbonyl (C=O) groups is 2. The summed E-state index contributed by atoms with van der Waals surface area (Å²) in [5, 5.41) is 2.62. The van der Waals surface area contributed by atoms with Crippen LogP contribution in [0, 0.1) is 0 Å². The molecular weight excluding hydrogens is 518 g/mol. The van der Waals surface area contributed by atoms with Gasteiger partial charge in [0.1, 0.15) is 24.1 Å². The van der Waals surface area contributed by atoms with E-state index >= 15 is 0 Å². The van der Waals surface area contributed by atoms with Crippen molar-refractivity contribution in [1.82, 2.24) is 10.2 Å². The second-order valence-corrected chi connectivity index (χ2v) is 10.5. The van der Waals surface area contributed by atoms with Crippen LogP contribution in [0.4, 0.5) is 5.69 Å². The number of nitrogens with one attached hydrogen (secondary N) is 1. The van der Waals surface area contributed by atoms with E-state index in [0.717, 1.165) is 9.87 Å². The van der Waals surface area contributed by atoms with Crippen LogP contribution in [0.5, 0.6) is 11.5 Å². The Kier molecular flexibility index (Phi) is 10.3. The fourth-order valence-corrected chi connectivity index (χ4v) is 5.55. The van der Waals surface area contributed by atoms with Crippen LogP contribution in [0.3, 0.4) is 0 Å². The molecule has 0 fully saturated rings. The van der Waals surface area contributed by atoms with Gasteiger partial charge in [-0.1, -0.05) is 37.3 Å². The molecule has 3 aromatic rings. The molecule has 0 saturated heterocycles. The first kappa shape index (κ1) is 29.5. The molecular formula is C29H35N3O6S. The maximum Gasteiger partial charge on any atom is 0.264 e. The molecule has 1 N–H and O–H groups in total. The van der Waals surface area contributed by atoms with Crippen LogP contribution >= 0.6 is 0 Å². The van der Waals surface area contributed by atoms with Gasteiger partial charge in [0.2, 0.25) is 11.8 Å². The first-order valence-corrected chi connectivity index (χ1v) is 14.1. The predicted molar refractivity (Wildman–Crippen MR) is 150 cm³/mol. The minimum atomic E-state index is -4.14. The predicted octanol–water partition coefficient (Wildman–Crippen LogP) is 3.84. The van der Waals surface area contributed by atoms with Crippen molar-refractivity contribution in [2.45, 2.75) is 37.8 Å². The topological polar surface area (TPSA) is 105 Å². The molecule has 208 valence electrons. The molecule has 0 aromatic heterocycles. The molecule has 0 bridgehead atoms. The number of benzene rings is 3. The van der Waals surface area contributed by atoms with Crippen LogP contribution in [0.25, 0.3) is 0 Å². The van der Waals surface area contributed by atoms with Gasteiger partial charge in [-0.3, -0.25) is 13.9 Å². The first-order valence-electron chi connectivity index (χ1n) is 12.7. The summed E-state index contributed by atoms with van der Waals surface area (Å²) >= 11 is 0. The van der Waals surface area contributed by atoms with Crippen molar-refractivity contribution in [3.63, 3.8) is 0 Å². The van der Waals surface area contributed by atoms with Crippen LogP contribution in [0.15, 0.2) is 83.8 Å². The summed E-state index contributed by atoms with van der Waals surface area (Å²) in [5.41, 5.74) is 1.10. The Labute approximate surface area is 230 Å². The van der Waals surface area contributed by atoms with Crippen molar-refractivity contribution in [3.05, 3.63) is 84.4 Å². The minimum Gasteiger partial charge on any atom is -0.497 e. The molecule has 3 rings (SSSR count). The Morgan fingerprint density at radius 1 is 0.897 bits per heavy atom. The van der Waals surface area contributed by atoms with Gasteiger partial charge in [0, 0.05) is 13.6 Å². The Morgan fingerprint density at radius 2 is 1.51 bits per heavy atom. The van der Waals surface area contributed by atoms with E-state index in [-0.39, 0.29) is 17.3 Å². The molecule has 9 nitrogen and oxygen atoms in total. The molecule has 10 heteroatoms. The quantitative estimate of drug-likeness (QED) is 0.345. The molecule has 0 aliphatic rings. The number of hydrogen-bond acceptors (Lipinski definition) is 6. The molecule has 3 aromatic carbocycles. The molecule has 0 aliphatic carbocycles. The molecule has 2 amide bonds. The van der Waals surface area contributed by atoms with Crippen LogP contribution in [0.2, 0.25) is 0 Å². The average Bonchev–Trinajstić information content (AvgIpc) is 2.96. The fraction of sp³-hybridized carbons (Fsp3) is 0.310. The number of sulfonamides is 1. The lowest BCUT2D eigenvalue weighted by atomic mass is 10.1. The second-order valence-electron chi connectivity index (χ2n) is 8.66. The summed E-state index contributed by atoms with van der Waals surface area (Å²) in [6, 6.07) is 20.9. The van der Waals surface area contributed by atoms with Crippen molar-refractivity contribution < 1.29 is 27.5 Å². The summed E-state index contributed by atoms with van der Waals surface area (Å²) in [5.74, 6) is 0.354. The van der Waals surface area contributed by atoms with Crippen LogP contribution in [-0.4, -0.2) is 58.5 Å². The number of hydrogen-bond donors (Lipinski definition) is 1. The Morgan fingerprint density at radius 3 is 2.05 bits per heavy atom. The Balaban J connectivity index is 2.00. The number of nitrogens with zero attached hydrogens (tertiary/aromatic N) is 2. The lowest BCUT2D eigenvalue weighted by Gasteiger charge is -2.33. The zero-order valence-corrected chi connectivity index (χ0v) is 23.5. The molecule has 0 radical (unpaired) electrons. The molecule has 0 spiro atoms.